The molecule has 1 heterocycles. The van der Waals surface area contributed by atoms with Gasteiger partial charge >= 0.3 is 7.60 Å². The van der Waals surface area contributed by atoms with Crippen LogP contribution in [0.5, 0.6) is 0 Å². The number of hydrogen-bond donors (Lipinski definition) is 2. The van der Waals surface area contributed by atoms with Crippen LogP contribution in [0.25, 0.3) is 27.5 Å². The fourth-order valence-corrected chi connectivity index (χ4v) is 3.91. The summed E-state index contributed by atoms with van der Waals surface area (Å²) < 4.78 is 13.7. The van der Waals surface area contributed by atoms with Gasteiger partial charge in [0.25, 0.3) is 0 Å². The highest BCUT2D eigenvalue weighted by Crippen LogP contribution is 2.36. The minimum atomic E-state index is -4.30. The zero-order valence-corrected chi connectivity index (χ0v) is 14.9. The van der Waals surface area contributed by atoms with Gasteiger partial charge in [-0.25, -0.2) is 0 Å². The van der Waals surface area contributed by atoms with Crippen molar-refractivity contribution in [3.05, 3.63) is 71.8 Å². The minimum Gasteiger partial charge on any atom is -0.321 e. The fourth-order valence-electron chi connectivity index (χ4n) is 3.33. The van der Waals surface area contributed by atoms with E-state index in [2.05, 4.69) is 41.0 Å². The first-order valence-electron chi connectivity index (χ1n) is 8.02. The number of rotatable bonds is 2. The van der Waals surface area contributed by atoms with E-state index < -0.39 is 7.60 Å². The molecule has 4 aromatic rings. The van der Waals surface area contributed by atoms with Gasteiger partial charge in [-0.05, 0) is 55.3 Å². The van der Waals surface area contributed by atoms with Crippen LogP contribution in [0.15, 0.2) is 60.7 Å². The van der Waals surface area contributed by atoms with E-state index >= 15 is 0 Å². The topological polar surface area (TPSA) is 62.5 Å². The lowest BCUT2D eigenvalue weighted by Gasteiger charge is -2.11. The van der Waals surface area contributed by atoms with Crippen molar-refractivity contribution < 1.29 is 14.4 Å². The SMILES string of the molecule is Cc1ccc2c3ccc(C)cc3n(-c3cccc(P(=O)(O)O)c3)c2c1. The lowest BCUT2D eigenvalue weighted by atomic mass is 10.1. The molecule has 0 aliphatic heterocycles. The van der Waals surface area contributed by atoms with E-state index in [4.69, 9.17) is 0 Å². The Morgan fingerprint density at radius 3 is 1.88 bits per heavy atom. The molecule has 0 atom stereocenters. The Labute approximate surface area is 145 Å². The van der Waals surface area contributed by atoms with Gasteiger partial charge < -0.3 is 14.4 Å². The summed E-state index contributed by atoms with van der Waals surface area (Å²) >= 11 is 0. The molecule has 2 N–H and O–H groups in total. The Balaban J connectivity index is 2.14. The highest BCUT2D eigenvalue weighted by molar-refractivity contribution is 7.60. The summed E-state index contributed by atoms with van der Waals surface area (Å²) in [4.78, 5) is 19.1. The Morgan fingerprint density at radius 2 is 1.36 bits per heavy atom. The van der Waals surface area contributed by atoms with Crippen LogP contribution in [0, 0.1) is 13.8 Å². The van der Waals surface area contributed by atoms with Gasteiger partial charge in [0.2, 0.25) is 0 Å². The zero-order valence-electron chi connectivity index (χ0n) is 14.0. The molecule has 3 aromatic carbocycles. The van der Waals surface area contributed by atoms with Crippen LogP contribution in [-0.2, 0) is 4.57 Å². The monoisotopic (exact) mass is 351 g/mol. The second-order valence-electron chi connectivity index (χ2n) is 6.44. The predicted octanol–water partition coefficient (Wildman–Crippen LogP) is 4.20. The Bertz CT molecular complexity index is 1110. The summed E-state index contributed by atoms with van der Waals surface area (Å²) in [7, 11) is -4.30. The quantitative estimate of drug-likeness (QED) is 0.532. The minimum absolute atomic E-state index is 0.0281. The largest absolute Gasteiger partial charge is 0.356 e. The Hall–Kier alpha value is -2.39. The molecule has 25 heavy (non-hydrogen) atoms. The molecule has 0 unspecified atom stereocenters. The van der Waals surface area contributed by atoms with E-state index in [-0.39, 0.29) is 5.30 Å². The summed E-state index contributed by atoms with van der Waals surface area (Å²) in [5.74, 6) is 0. The van der Waals surface area contributed by atoms with E-state index in [1.807, 2.05) is 19.9 Å². The first-order valence-corrected chi connectivity index (χ1v) is 9.64. The molecule has 126 valence electrons. The van der Waals surface area contributed by atoms with Crippen LogP contribution >= 0.6 is 7.60 Å². The van der Waals surface area contributed by atoms with Crippen LogP contribution in [0.4, 0.5) is 0 Å². The van der Waals surface area contributed by atoms with Crippen LogP contribution in [0.1, 0.15) is 11.1 Å². The van der Waals surface area contributed by atoms with Crippen molar-refractivity contribution in [3.63, 3.8) is 0 Å². The molecule has 5 heteroatoms. The smallest absolute Gasteiger partial charge is 0.321 e. The molecule has 0 aliphatic carbocycles. The predicted molar refractivity (Wildman–Crippen MR) is 102 cm³/mol. The van der Waals surface area contributed by atoms with Crippen molar-refractivity contribution in [2.45, 2.75) is 13.8 Å². The highest BCUT2D eigenvalue weighted by Gasteiger charge is 2.19. The first kappa shape index (κ1) is 16.1. The Morgan fingerprint density at radius 1 is 0.800 bits per heavy atom. The van der Waals surface area contributed by atoms with Crippen LogP contribution in [0.2, 0.25) is 0 Å². The molecule has 1 aromatic heterocycles. The third kappa shape index (κ3) is 2.69. The summed E-state index contributed by atoms with van der Waals surface area (Å²) in [6.45, 7) is 4.08. The van der Waals surface area contributed by atoms with E-state index in [0.29, 0.717) is 0 Å². The average molecular weight is 351 g/mol. The normalized spacial score (nSPS) is 12.2. The Kier molecular flexibility index (Phi) is 3.58. The summed E-state index contributed by atoms with van der Waals surface area (Å²) in [5.41, 5.74) is 5.09. The fraction of sp³-hybridized carbons (Fsp3) is 0.100. The summed E-state index contributed by atoms with van der Waals surface area (Å²) in [6.07, 6.45) is 0. The molecule has 4 nitrogen and oxygen atoms in total. The first-order chi connectivity index (χ1) is 11.8. The van der Waals surface area contributed by atoms with E-state index in [1.165, 1.54) is 6.07 Å². The van der Waals surface area contributed by atoms with Crippen molar-refractivity contribution in [2.24, 2.45) is 0 Å². The van der Waals surface area contributed by atoms with Crippen LogP contribution in [0.3, 0.4) is 0 Å². The van der Waals surface area contributed by atoms with Gasteiger partial charge in [-0.15, -0.1) is 0 Å². The third-order valence-corrected chi connectivity index (χ3v) is 5.45. The molecule has 0 saturated carbocycles. The van der Waals surface area contributed by atoms with Crippen molar-refractivity contribution >= 4 is 34.7 Å². The second kappa shape index (κ2) is 5.57. The number of aryl methyl sites for hydroxylation is 2. The number of benzene rings is 3. The van der Waals surface area contributed by atoms with Crippen molar-refractivity contribution in [1.82, 2.24) is 4.57 Å². The van der Waals surface area contributed by atoms with Crippen molar-refractivity contribution in [1.29, 1.82) is 0 Å². The van der Waals surface area contributed by atoms with Crippen LogP contribution < -0.4 is 5.30 Å². The molecular weight excluding hydrogens is 333 g/mol. The van der Waals surface area contributed by atoms with Gasteiger partial charge in [0.05, 0.1) is 16.3 Å². The molecule has 0 spiro atoms. The zero-order chi connectivity index (χ0) is 17.8. The second-order valence-corrected chi connectivity index (χ2v) is 8.04. The van der Waals surface area contributed by atoms with E-state index in [0.717, 1.165) is 38.6 Å². The highest BCUT2D eigenvalue weighted by atomic mass is 31.2. The molecule has 0 saturated heterocycles. The molecule has 0 radical (unpaired) electrons. The molecule has 0 amide bonds. The lowest BCUT2D eigenvalue weighted by Crippen LogP contribution is -2.06. The number of hydrogen-bond acceptors (Lipinski definition) is 1. The molecule has 0 fully saturated rings. The summed E-state index contributed by atoms with van der Waals surface area (Å²) in [5, 5.41) is 2.28. The molecule has 0 aliphatic rings. The standard InChI is InChI=1S/C20H18NO3P/c1-13-6-8-17-18-9-7-14(2)11-20(18)21(19(17)10-13)15-4-3-5-16(12-15)25(22,23)24/h3-12H,1-2H3,(H2,22,23,24). The number of fused-ring (bicyclic) bond motifs is 3. The van der Waals surface area contributed by atoms with Gasteiger partial charge in [-0.2, -0.15) is 0 Å². The van der Waals surface area contributed by atoms with Crippen LogP contribution in [-0.4, -0.2) is 14.4 Å². The third-order valence-electron chi connectivity index (χ3n) is 4.50. The lowest BCUT2D eigenvalue weighted by molar-refractivity contribution is 0.387. The molecule has 0 bridgehead atoms. The van der Waals surface area contributed by atoms with E-state index in [9.17, 15) is 14.4 Å². The molecule has 4 rings (SSSR count). The maximum Gasteiger partial charge on any atom is 0.356 e. The average Bonchev–Trinajstić information content (AvgIpc) is 2.86. The van der Waals surface area contributed by atoms with Gasteiger partial charge in [0.1, 0.15) is 0 Å². The maximum atomic E-state index is 11.7. The van der Waals surface area contributed by atoms with Gasteiger partial charge in [-0.3, -0.25) is 4.57 Å². The van der Waals surface area contributed by atoms with Gasteiger partial charge in [0, 0.05) is 16.5 Å². The number of aromatic nitrogens is 1. The summed E-state index contributed by atoms with van der Waals surface area (Å²) in [6, 6.07) is 19.2. The maximum absolute atomic E-state index is 11.7. The van der Waals surface area contributed by atoms with Gasteiger partial charge in [0.15, 0.2) is 0 Å². The van der Waals surface area contributed by atoms with E-state index in [1.54, 1.807) is 12.1 Å². The number of nitrogens with zero attached hydrogens (tertiary/aromatic N) is 1. The van der Waals surface area contributed by atoms with Crippen molar-refractivity contribution in [3.8, 4) is 5.69 Å². The van der Waals surface area contributed by atoms with Gasteiger partial charge in [-0.1, -0.05) is 30.3 Å². The van der Waals surface area contributed by atoms with Crippen molar-refractivity contribution in [2.75, 3.05) is 0 Å². The molecular formula is C20H18NO3P.